The average molecular weight is 326 g/mol. The van der Waals surface area contributed by atoms with E-state index in [0.29, 0.717) is 0 Å². The summed E-state index contributed by atoms with van der Waals surface area (Å²) in [6, 6.07) is 15.1. The van der Waals surface area contributed by atoms with Gasteiger partial charge in [-0.15, -0.1) is 0 Å². The van der Waals surface area contributed by atoms with Gasteiger partial charge in [-0.25, -0.2) is 0 Å². The van der Waals surface area contributed by atoms with Gasteiger partial charge in [0, 0.05) is 26.2 Å². The lowest BCUT2D eigenvalue weighted by atomic mass is 9.93. The molecule has 0 saturated carbocycles. The normalized spacial score (nSPS) is 16.6. The fourth-order valence-electron chi connectivity index (χ4n) is 3.44. The third kappa shape index (κ3) is 3.40. The molecule has 0 aromatic heterocycles. The summed E-state index contributed by atoms with van der Waals surface area (Å²) in [4.78, 5) is 2.54. The van der Waals surface area contributed by atoms with Crippen molar-refractivity contribution in [2.75, 3.05) is 40.4 Å². The van der Waals surface area contributed by atoms with Crippen LogP contribution in [0.4, 0.5) is 0 Å². The number of aryl methyl sites for hydroxylation is 1. The number of hydrogen-bond acceptors (Lipinski definition) is 4. The molecule has 1 unspecified atom stereocenters. The van der Waals surface area contributed by atoms with E-state index in [2.05, 4.69) is 53.5 Å². The zero-order valence-corrected chi connectivity index (χ0v) is 14.7. The molecule has 0 spiro atoms. The van der Waals surface area contributed by atoms with E-state index in [-0.39, 0.29) is 6.04 Å². The van der Waals surface area contributed by atoms with Gasteiger partial charge in [0.15, 0.2) is 11.5 Å². The molecule has 2 aromatic carbocycles. The standard InChI is InChI=1S/C20H26N2O2/c1-15-6-4-5-7-17(15)20(22-12-10-21-11-13-22)16-8-9-18(23-2)19(14-16)24-3/h4-9,14,20-21H,10-13H2,1-3H3. The summed E-state index contributed by atoms with van der Waals surface area (Å²) >= 11 is 0. The molecule has 24 heavy (non-hydrogen) atoms. The van der Waals surface area contributed by atoms with E-state index in [4.69, 9.17) is 9.47 Å². The Hall–Kier alpha value is -2.04. The number of benzene rings is 2. The molecule has 1 atom stereocenters. The second-order valence-corrected chi connectivity index (χ2v) is 6.16. The molecule has 0 radical (unpaired) electrons. The van der Waals surface area contributed by atoms with Gasteiger partial charge in [0.25, 0.3) is 0 Å². The minimum Gasteiger partial charge on any atom is -0.493 e. The maximum atomic E-state index is 5.52. The first-order valence-electron chi connectivity index (χ1n) is 8.47. The van der Waals surface area contributed by atoms with E-state index in [1.54, 1.807) is 14.2 Å². The van der Waals surface area contributed by atoms with Crippen molar-refractivity contribution in [3.63, 3.8) is 0 Å². The van der Waals surface area contributed by atoms with Crippen LogP contribution >= 0.6 is 0 Å². The van der Waals surface area contributed by atoms with Crippen molar-refractivity contribution < 1.29 is 9.47 Å². The number of nitrogens with zero attached hydrogens (tertiary/aromatic N) is 1. The van der Waals surface area contributed by atoms with Crippen molar-refractivity contribution >= 4 is 0 Å². The van der Waals surface area contributed by atoms with Crippen LogP contribution in [0.1, 0.15) is 22.7 Å². The number of piperazine rings is 1. The highest BCUT2D eigenvalue weighted by molar-refractivity contribution is 5.47. The van der Waals surface area contributed by atoms with Crippen LogP contribution in [0.5, 0.6) is 11.5 Å². The summed E-state index contributed by atoms with van der Waals surface area (Å²) in [5.74, 6) is 1.55. The van der Waals surface area contributed by atoms with Crippen molar-refractivity contribution in [1.29, 1.82) is 0 Å². The fourth-order valence-corrected chi connectivity index (χ4v) is 3.44. The van der Waals surface area contributed by atoms with Crippen LogP contribution in [0.15, 0.2) is 42.5 Å². The van der Waals surface area contributed by atoms with Crippen LogP contribution < -0.4 is 14.8 Å². The van der Waals surface area contributed by atoms with E-state index in [9.17, 15) is 0 Å². The van der Waals surface area contributed by atoms with Gasteiger partial charge in [0.05, 0.1) is 20.3 Å². The summed E-state index contributed by atoms with van der Waals surface area (Å²) in [7, 11) is 3.36. The Morgan fingerprint density at radius 3 is 2.33 bits per heavy atom. The fraction of sp³-hybridized carbons (Fsp3) is 0.400. The molecule has 1 aliphatic heterocycles. The molecule has 0 bridgehead atoms. The third-order valence-electron chi connectivity index (χ3n) is 4.72. The first kappa shape index (κ1) is 16.8. The Balaban J connectivity index is 2.06. The van der Waals surface area contributed by atoms with Crippen LogP contribution in [0.25, 0.3) is 0 Å². The number of hydrogen-bond donors (Lipinski definition) is 1. The lowest BCUT2D eigenvalue weighted by Crippen LogP contribution is -2.45. The number of ether oxygens (including phenoxy) is 2. The first-order valence-corrected chi connectivity index (χ1v) is 8.47. The van der Waals surface area contributed by atoms with Crippen LogP contribution in [0.2, 0.25) is 0 Å². The Kier molecular flexibility index (Phi) is 5.38. The molecule has 4 nitrogen and oxygen atoms in total. The van der Waals surface area contributed by atoms with Crippen LogP contribution in [-0.4, -0.2) is 45.3 Å². The van der Waals surface area contributed by atoms with E-state index in [1.165, 1.54) is 16.7 Å². The topological polar surface area (TPSA) is 33.7 Å². The second-order valence-electron chi connectivity index (χ2n) is 6.16. The molecule has 1 saturated heterocycles. The Morgan fingerprint density at radius 2 is 1.67 bits per heavy atom. The Labute approximate surface area is 144 Å². The van der Waals surface area contributed by atoms with Crippen LogP contribution in [0.3, 0.4) is 0 Å². The highest BCUT2D eigenvalue weighted by atomic mass is 16.5. The molecule has 1 fully saturated rings. The van der Waals surface area contributed by atoms with Crippen LogP contribution in [-0.2, 0) is 0 Å². The first-order chi connectivity index (χ1) is 11.7. The molecule has 4 heteroatoms. The smallest absolute Gasteiger partial charge is 0.161 e. The van der Waals surface area contributed by atoms with Crippen LogP contribution in [0, 0.1) is 6.92 Å². The van der Waals surface area contributed by atoms with Gasteiger partial charge in [0.2, 0.25) is 0 Å². The van der Waals surface area contributed by atoms with Crippen molar-refractivity contribution in [2.24, 2.45) is 0 Å². The molecular weight excluding hydrogens is 300 g/mol. The van der Waals surface area contributed by atoms with E-state index in [0.717, 1.165) is 37.7 Å². The minimum atomic E-state index is 0.230. The Bertz CT molecular complexity index is 681. The molecule has 1 N–H and O–H groups in total. The summed E-state index contributed by atoms with van der Waals surface area (Å²) in [6.07, 6.45) is 0. The van der Waals surface area contributed by atoms with E-state index < -0.39 is 0 Å². The molecule has 2 aromatic rings. The van der Waals surface area contributed by atoms with Crippen molar-refractivity contribution in [2.45, 2.75) is 13.0 Å². The zero-order chi connectivity index (χ0) is 16.9. The monoisotopic (exact) mass is 326 g/mol. The number of nitrogens with one attached hydrogen (secondary N) is 1. The Morgan fingerprint density at radius 1 is 0.958 bits per heavy atom. The highest BCUT2D eigenvalue weighted by Crippen LogP contribution is 2.36. The van der Waals surface area contributed by atoms with E-state index in [1.807, 2.05) is 6.07 Å². The summed E-state index contributed by atoms with van der Waals surface area (Å²) in [6.45, 7) is 6.30. The predicted octanol–water partition coefficient (Wildman–Crippen LogP) is 3.01. The molecule has 3 rings (SSSR count). The predicted molar refractivity (Wildman–Crippen MR) is 97.0 cm³/mol. The average Bonchev–Trinajstić information content (AvgIpc) is 2.64. The zero-order valence-electron chi connectivity index (χ0n) is 14.7. The SMILES string of the molecule is COc1ccc(C(c2ccccc2C)N2CCNCC2)cc1OC. The van der Waals surface area contributed by atoms with Gasteiger partial charge < -0.3 is 14.8 Å². The van der Waals surface area contributed by atoms with Gasteiger partial charge in [-0.3, -0.25) is 4.90 Å². The highest BCUT2D eigenvalue weighted by Gasteiger charge is 2.25. The third-order valence-corrected chi connectivity index (χ3v) is 4.72. The summed E-state index contributed by atoms with van der Waals surface area (Å²) < 4.78 is 10.9. The maximum absolute atomic E-state index is 5.52. The quantitative estimate of drug-likeness (QED) is 0.916. The molecule has 0 amide bonds. The summed E-state index contributed by atoms with van der Waals surface area (Å²) in [5.41, 5.74) is 3.91. The summed E-state index contributed by atoms with van der Waals surface area (Å²) in [5, 5.41) is 3.44. The van der Waals surface area contributed by atoms with Gasteiger partial charge in [-0.2, -0.15) is 0 Å². The van der Waals surface area contributed by atoms with Gasteiger partial charge in [-0.05, 0) is 35.7 Å². The largest absolute Gasteiger partial charge is 0.493 e. The van der Waals surface area contributed by atoms with Gasteiger partial charge >= 0.3 is 0 Å². The maximum Gasteiger partial charge on any atom is 0.161 e. The molecule has 128 valence electrons. The number of methoxy groups -OCH3 is 2. The van der Waals surface area contributed by atoms with Crippen molar-refractivity contribution in [3.05, 3.63) is 59.2 Å². The molecule has 0 aliphatic carbocycles. The minimum absolute atomic E-state index is 0.230. The van der Waals surface area contributed by atoms with E-state index >= 15 is 0 Å². The lowest BCUT2D eigenvalue weighted by Gasteiger charge is -2.36. The van der Waals surface area contributed by atoms with Gasteiger partial charge in [-0.1, -0.05) is 30.3 Å². The molecular formula is C20H26N2O2. The van der Waals surface area contributed by atoms with Gasteiger partial charge in [0.1, 0.15) is 0 Å². The van der Waals surface area contributed by atoms with Crippen molar-refractivity contribution in [3.8, 4) is 11.5 Å². The molecule has 1 aliphatic rings. The number of rotatable bonds is 5. The second kappa shape index (κ2) is 7.69. The lowest BCUT2D eigenvalue weighted by molar-refractivity contribution is 0.197. The molecule has 1 heterocycles. The van der Waals surface area contributed by atoms with Crippen molar-refractivity contribution in [1.82, 2.24) is 10.2 Å².